The molecule has 2 rings (SSSR count). The van der Waals surface area contributed by atoms with E-state index < -0.39 is 0 Å². The predicted octanol–water partition coefficient (Wildman–Crippen LogP) is 1.16. The standard InChI is InChI=1S/C10H15N3OS/c1-15-10-6-9(11-7-12-10)13(4-5-14)8-2-3-8/h6-8,14H,2-5H2,1H3. The van der Waals surface area contributed by atoms with Crippen molar-refractivity contribution in [2.24, 2.45) is 0 Å². The normalized spacial score (nSPS) is 15.3. The van der Waals surface area contributed by atoms with Gasteiger partial charge in [-0.05, 0) is 19.1 Å². The van der Waals surface area contributed by atoms with E-state index in [9.17, 15) is 0 Å². The van der Waals surface area contributed by atoms with Gasteiger partial charge in [0.25, 0.3) is 0 Å². The molecule has 82 valence electrons. The lowest BCUT2D eigenvalue weighted by molar-refractivity contribution is 0.301. The summed E-state index contributed by atoms with van der Waals surface area (Å²) in [6, 6.07) is 2.56. The first kappa shape index (κ1) is 10.7. The highest BCUT2D eigenvalue weighted by molar-refractivity contribution is 7.98. The Balaban J connectivity index is 2.16. The molecule has 0 amide bonds. The zero-order valence-corrected chi connectivity index (χ0v) is 9.57. The molecule has 1 aromatic rings. The van der Waals surface area contributed by atoms with Crippen LogP contribution in [0.1, 0.15) is 12.8 Å². The van der Waals surface area contributed by atoms with Gasteiger partial charge in [0.2, 0.25) is 0 Å². The minimum absolute atomic E-state index is 0.176. The van der Waals surface area contributed by atoms with Gasteiger partial charge in [0.1, 0.15) is 17.2 Å². The molecule has 1 aliphatic rings. The zero-order chi connectivity index (χ0) is 10.7. The van der Waals surface area contributed by atoms with Crippen molar-refractivity contribution >= 4 is 17.6 Å². The second kappa shape index (κ2) is 4.81. The number of nitrogens with zero attached hydrogens (tertiary/aromatic N) is 3. The molecule has 0 radical (unpaired) electrons. The fourth-order valence-electron chi connectivity index (χ4n) is 1.58. The molecular weight excluding hydrogens is 210 g/mol. The lowest BCUT2D eigenvalue weighted by Crippen LogP contribution is -2.29. The summed E-state index contributed by atoms with van der Waals surface area (Å²) >= 11 is 1.61. The van der Waals surface area contributed by atoms with Gasteiger partial charge < -0.3 is 10.0 Å². The Hall–Kier alpha value is -0.810. The maximum Gasteiger partial charge on any atom is 0.133 e. The van der Waals surface area contributed by atoms with E-state index in [2.05, 4.69) is 14.9 Å². The van der Waals surface area contributed by atoms with Crippen molar-refractivity contribution in [3.8, 4) is 0 Å². The van der Waals surface area contributed by atoms with Crippen LogP contribution in [0.3, 0.4) is 0 Å². The molecule has 4 nitrogen and oxygen atoms in total. The maximum absolute atomic E-state index is 9.01. The molecule has 1 N–H and O–H groups in total. The molecule has 15 heavy (non-hydrogen) atoms. The number of anilines is 1. The Bertz CT molecular complexity index is 330. The quantitative estimate of drug-likeness (QED) is 0.602. The third-order valence-electron chi connectivity index (χ3n) is 2.46. The van der Waals surface area contributed by atoms with Crippen LogP contribution in [0.4, 0.5) is 5.82 Å². The zero-order valence-electron chi connectivity index (χ0n) is 8.76. The minimum Gasteiger partial charge on any atom is -0.395 e. The summed E-state index contributed by atoms with van der Waals surface area (Å²) in [4.78, 5) is 10.6. The molecule has 1 heterocycles. The summed E-state index contributed by atoms with van der Waals surface area (Å²) in [5.74, 6) is 0.936. The summed E-state index contributed by atoms with van der Waals surface area (Å²) in [7, 11) is 0. The van der Waals surface area contributed by atoms with Crippen LogP contribution in [0.25, 0.3) is 0 Å². The van der Waals surface area contributed by atoms with E-state index in [4.69, 9.17) is 5.11 Å². The largest absolute Gasteiger partial charge is 0.395 e. The van der Waals surface area contributed by atoms with E-state index in [1.807, 2.05) is 12.3 Å². The molecular formula is C10H15N3OS. The summed E-state index contributed by atoms with van der Waals surface area (Å²) in [6.07, 6.45) is 6.00. The molecule has 0 bridgehead atoms. The third-order valence-corrected chi connectivity index (χ3v) is 3.10. The first-order chi connectivity index (χ1) is 7.35. The van der Waals surface area contributed by atoms with Crippen molar-refractivity contribution in [3.05, 3.63) is 12.4 Å². The summed E-state index contributed by atoms with van der Waals surface area (Å²) < 4.78 is 0. The van der Waals surface area contributed by atoms with E-state index in [1.165, 1.54) is 12.8 Å². The predicted molar refractivity (Wildman–Crippen MR) is 61.3 cm³/mol. The van der Waals surface area contributed by atoms with Crippen molar-refractivity contribution in [2.45, 2.75) is 23.9 Å². The van der Waals surface area contributed by atoms with Crippen molar-refractivity contribution in [3.63, 3.8) is 0 Å². The van der Waals surface area contributed by atoms with Crippen LogP contribution in [0, 0.1) is 0 Å². The Kier molecular flexibility index (Phi) is 3.43. The van der Waals surface area contributed by atoms with Crippen LogP contribution in [-0.4, -0.2) is 40.5 Å². The van der Waals surface area contributed by atoms with Crippen LogP contribution in [-0.2, 0) is 0 Å². The maximum atomic E-state index is 9.01. The van der Waals surface area contributed by atoms with Gasteiger partial charge in [-0.15, -0.1) is 11.8 Å². The van der Waals surface area contributed by atoms with Crippen LogP contribution < -0.4 is 4.90 Å². The van der Waals surface area contributed by atoms with E-state index in [0.717, 1.165) is 10.8 Å². The second-order valence-corrected chi connectivity index (χ2v) is 4.39. The molecule has 0 spiro atoms. The Labute approximate surface area is 93.7 Å². The van der Waals surface area contributed by atoms with E-state index >= 15 is 0 Å². The molecule has 0 aromatic carbocycles. The molecule has 0 unspecified atom stereocenters. The van der Waals surface area contributed by atoms with Crippen molar-refractivity contribution in [1.82, 2.24) is 9.97 Å². The fraction of sp³-hybridized carbons (Fsp3) is 0.600. The average molecular weight is 225 g/mol. The van der Waals surface area contributed by atoms with Gasteiger partial charge in [0.05, 0.1) is 6.61 Å². The SMILES string of the molecule is CSc1cc(N(CCO)C2CC2)ncn1. The molecule has 1 aromatic heterocycles. The van der Waals surface area contributed by atoms with Gasteiger partial charge in [0.15, 0.2) is 0 Å². The minimum atomic E-state index is 0.176. The number of rotatable bonds is 5. The number of hydrogen-bond donors (Lipinski definition) is 1. The van der Waals surface area contributed by atoms with Crippen LogP contribution in [0.2, 0.25) is 0 Å². The molecule has 1 saturated carbocycles. The smallest absolute Gasteiger partial charge is 0.133 e. The van der Waals surface area contributed by atoms with E-state index in [-0.39, 0.29) is 6.61 Å². The van der Waals surface area contributed by atoms with Crippen molar-refractivity contribution < 1.29 is 5.11 Å². The van der Waals surface area contributed by atoms with E-state index in [1.54, 1.807) is 18.1 Å². The highest BCUT2D eigenvalue weighted by Gasteiger charge is 2.29. The Morgan fingerprint density at radius 3 is 2.93 bits per heavy atom. The molecule has 0 aliphatic heterocycles. The van der Waals surface area contributed by atoms with Crippen LogP contribution in [0.5, 0.6) is 0 Å². The van der Waals surface area contributed by atoms with Gasteiger partial charge in [0, 0.05) is 18.7 Å². The molecule has 0 saturated heterocycles. The Morgan fingerprint density at radius 1 is 1.53 bits per heavy atom. The summed E-state index contributed by atoms with van der Waals surface area (Å²) in [5, 5.41) is 9.99. The summed E-state index contributed by atoms with van der Waals surface area (Å²) in [5.41, 5.74) is 0. The molecule has 5 heteroatoms. The topological polar surface area (TPSA) is 49.2 Å². The number of thioether (sulfide) groups is 1. The van der Waals surface area contributed by atoms with E-state index in [0.29, 0.717) is 12.6 Å². The molecule has 1 aliphatic carbocycles. The van der Waals surface area contributed by atoms with Gasteiger partial charge in [-0.3, -0.25) is 0 Å². The number of aromatic nitrogens is 2. The van der Waals surface area contributed by atoms with Gasteiger partial charge in [-0.1, -0.05) is 0 Å². The van der Waals surface area contributed by atoms with Gasteiger partial charge in [-0.2, -0.15) is 0 Å². The first-order valence-electron chi connectivity index (χ1n) is 5.08. The number of aliphatic hydroxyl groups excluding tert-OH is 1. The molecule has 0 atom stereocenters. The van der Waals surface area contributed by atoms with Crippen molar-refractivity contribution in [1.29, 1.82) is 0 Å². The summed E-state index contributed by atoms with van der Waals surface area (Å²) in [6.45, 7) is 0.838. The van der Waals surface area contributed by atoms with Crippen LogP contribution in [0.15, 0.2) is 17.4 Å². The van der Waals surface area contributed by atoms with Gasteiger partial charge in [-0.25, -0.2) is 9.97 Å². The third kappa shape index (κ3) is 2.60. The van der Waals surface area contributed by atoms with Crippen LogP contribution >= 0.6 is 11.8 Å². The highest BCUT2D eigenvalue weighted by Crippen LogP contribution is 2.30. The highest BCUT2D eigenvalue weighted by atomic mass is 32.2. The first-order valence-corrected chi connectivity index (χ1v) is 6.31. The lowest BCUT2D eigenvalue weighted by atomic mass is 10.4. The van der Waals surface area contributed by atoms with Crippen molar-refractivity contribution in [2.75, 3.05) is 24.3 Å². The molecule has 1 fully saturated rings. The second-order valence-electron chi connectivity index (χ2n) is 3.57. The number of hydrogen-bond acceptors (Lipinski definition) is 5. The fourth-order valence-corrected chi connectivity index (χ4v) is 1.95. The number of aliphatic hydroxyl groups is 1. The Morgan fingerprint density at radius 2 is 2.33 bits per heavy atom. The lowest BCUT2D eigenvalue weighted by Gasteiger charge is -2.22. The monoisotopic (exact) mass is 225 g/mol. The average Bonchev–Trinajstić information content (AvgIpc) is 3.10. The van der Waals surface area contributed by atoms with Gasteiger partial charge >= 0.3 is 0 Å².